The van der Waals surface area contributed by atoms with Gasteiger partial charge in [0.2, 0.25) is 5.89 Å². The van der Waals surface area contributed by atoms with Gasteiger partial charge in [0.1, 0.15) is 5.76 Å². The molecule has 0 radical (unpaired) electrons. The molecule has 0 bridgehead atoms. The van der Waals surface area contributed by atoms with Crippen LogP contribution >= 0.6 is 0 Å². The van der Waals surface area contributed by atoms with Gasteiger partial charge in [-0.15, -0.1) is 0 Å². The Morgan fingerprint density at radius 1 is 1.25 bits per heavy atom. The van der Waals surface area contributed by atoms with E-state index in [0.717, 1.165) is 30.2 Å². The normalized spacial score (nSPS) is 12.6. The van der Waals surface area contributed by atoms with Gasteiger partial charge in [-0.3, -0.25) is 0 Å². The molecule has 1 aromatic carbocycles. The first-order valence-corrected chi connectivity index (χ1v) is 7.26. The van der Waals surface area contributed by atoms with Crippen molar-refractivity contribution >= 4 is 0 Å². The van der Waals surface area contributed by atoms with E-state index in [-0.39, 0.29) is 0 Å². The van der Waals surface area contributed by atoms with Crippen molar-refractivity contribution in [3.05, 3.63) is 52.7 Å². The number of benzene rings is 1. The molecule has 1 heterocycles. The highest BCUT2D eigenvalue weighted by Crippen LogP contribution is 2.10. The van der Waals surface area contributed by atoms with Crippen LogP contribution in [0.2, 0.25) is 0 Å². The zero-order valence-corrected chi connectivity index (χ0v) is 12.9. The maximum atomic E-state index is 5.57. The lowest BCUT2D eigenvalue weighted by molar-refractivity contribution is 0.420. The third kappa shape index (κ3) is 4.20. The molecule has 2 rings (SSSR count). The van der Waals surface area contributed by atoms with Crippen molar-refractivity contribution in [2.45, 2.75) is 53.1 Å². The van der Waals surface area contributed by atoms with Gasteiger partial charge in [0.25, 0.3) is 0 Å². The maximum absolute atomic E-state index is 5.57. The van der Waals surface area contributed by atoms with E-state index < -0.39 is 0 Å². The van der Waals surface area contributed by atoms with Crippen LogP contribution in [0.5, 0.6) is 0 Å². The van der Waals surface area contributed by atoms with E-state index in [1.54, 1.807) is 0 Å². The van der Waals surface area contributed by atoms with Crippen LogP contribution in [0.15, 0.2) is 28.7 Å². The largest absolute Gasteiger partial charge is 0.444 e. The van der Waals surface area contributed by atoms with Crippen molar-refractivity contribution in [3.63, 3.8) is 0 Å². The van der Waals surface area contributed by atoms with Gasteiger partial charge in [-0.1, -0.05) is 29.8 Å². The molecule has 20 heavy (non-hydrogen) atoms. The Labute approximate surface area is 121 Å². The fourth-order valence-corrected chi connectivity index (χ4v) is 2.23. The average Bonchev–Trinajstić information content (AvgIpc) is 2.73. The van der Waals surface area contributed by atoms with Crippen LogP contribution in [-0.2, 0) is 13.0 Å². The Morgan fingerprint density at radius 3 is 2.70 bits per heavy atom. The highest BCUT2D eigenvalue weighted by atomic mass is 16.4. The number of aromatic nitrogens is 1. The number of hydrogen-bond donors (Lipinski definition) is 1. The monoisotopic (exact) mass is 272 g/mol. The minimum Gasteiger partial charge on any atom is -0.444 e. The molecule has 0 saturated carbocycles. The van der Waals surface area contributed by atoms with Crippen molar-refractivity contribution in [2.75, 3.05) is 0 Å². The standard InChI is InChI=1S/C17H24N2O/c1-12-6-5-7-16(10-12)9-8-13(2)18-11-17-19-14(3)15(4)20-17/h5-7,10,13,18H,8-9,11H2,1-4H3. The SMILES string of the molecule is Cc1cccc(CCC(C)NCc2nc(C)c(C)o2)c1. The number of nitrogens with one attached hydrogen (secondary N) is 1. The number of nitrogens with zero attached hydrogens (tertiary/aromatic N) is 1. The van der Waals surface area contributed by atoms with Crippen LogP contribution in [0, 0.1) is 20.8 Å². The van der Waals surface area contributed by atoms with Crippen LogP contribution < -0.4 is 5.32 Å². The molecule has 0 amide bonds. The van der Waals surface area contributed by atoms with Crippen LogP contribution in [0.25, 0.3) is 0 Å². The van der Waals surface area contributed by atoms with Gasteiger partial charge in [0, 0.05) is 6.04 Å². The quantitative estimate of drug-likeness (QED) is 0.871. The van der Waals surface area contributed by atoms with Gasteiger partial charge in [-0.2, -0.15) is 0 Å². The Bertz CT molecular complexity index is 540. The second kappa shape index (κ2) is 6.71. The summed E-state index contributed by atoms with van der Waals surface area (Å²) < 4.78 is 5.57. The minimum absolute atomic E-state index is 0.447. The van der Waals surface area contributed by atoms with E-state index in [0.29, 0.717) is 12.6 Å². The molecule has 0 fully saturated rings. The number of hydrogen-bond acceptors (Lipinski definition) is 3. The fraction of sp³-hybridized carbons (Fsp3) is 0.471. The Morgan fingerprint density at radius 2 is 2.05 bits per heavy atom. The number of rotatable bonds is 6. The molecule has 3 nitrogen and oxygen atoms in total. The molecule has 0 aliphatic rings. The third-order valence-corrected chi connectivity index (χ3v) is 3.62. The molecule has 0 aliphatic heterocycles. The van der Waals surface area contributed by atoms with Gasteiger partial charge in [-0.25, -0.2) is 4.98 Å². The van der Waals surface area contributed by atoms with Crippen LogP contribution in [0.4, 0.5) is 0 Å². The Hall–Kier alpha value is -1.61. The Kier molecular flexibility index (Phi) is 4.96. The van der Waals surface area contributed by atoms with Crippen LogP contribution in [0.1, 0.15) is 41.8 Å². The second-order valence-electron chi connectivity index (χ2n) is 5.56. The van der Waals surface area contributed by atoms with Gasteiger partial charge in [0.15, 0.2) is 0 Å². The first-order chi connectivity index (χ1) is 9.54. The summed E-state index contributed by atoms with van der Waals surface area (Å²) in [7, 11) is 0. The van der Waals surface area contributed by atoms with E-state index >= 15 is 0 Å². The predicted octanol–water partition coefficient (Wildman–Crippen LogP) is 3.71. The number of aryl methyl sites for hydroxylation is 4. The molecule has 3 heteroatoms. The van der Waals surface area contributed by atoms with Gasteiger partial charge in [0.05, 0.1) is 12.2 Å². The zero-order valence-electron chi connectivity index (χ0n) is 12.9. The molecule has 108 valence electrons. The lowest BCUT2D eigenvalue weighted by Gasteiger charge is -2.12. The molecule has 1 unspecified atom stereocenters. The third-order valence-electron chi connectivity index (χ3n) is 3.62. The van der Waals surface area contributed by atoms with Crippen molar-refractivity contribution in [3.8, 4) is 0 Å². The van der Waals surface area contributed by atoms with Gasteiger partial charge >= 0.3 is 0 Å². The summed E-state index contributed by atoms with van der Waals surface area (Å²) in [4.78, 5) is 4.38. The minimum atomic E-state index is 0.447. The zero-order chi connectivity index (χ0) is 14.5. The van der Waals surface area contributed by atoms with E-state index in [9.17, 15) is 0 Å². The highest BCUT2D eigenvalue weighted by Gasteiger charge is 2.07. The molecular formula is C17H24N2O. The van der Waals surface area contributed by atoms with Crippen LogP contribution in [0.3, 0.4) is 0 Å². The predicted molar refractivity (Wildman–Crippen MR) is 81.8 cm³/mol. The topological polar surface area (TPSA) is 38.1 Å². The van der Waals surface area contributed by atoms with E-state index in [1.807, 2.05) is 13.8 Å². The summed E-state index contributed by atoms with van der Waals surface area (Å²) in [6.07, 6.45) is 2.21. The fourth-order valence-electron chi connectivity index (χ4n) is 2.23. The van der Waals surface area contributed by atoms with E-state index in [2.05, 4.69) is 48.4 Å². The summed E-state index contributed by atoms with van der Waals surface area (Å²) >= 11 is 0. The summed E-state index contributed by atoms with van der Waals surface area (Å²) in [6.45, 7) is 8.97. The highest BCUT2D eigenvalue weighted by molar-refractivity contribution is 5.22. The molecule has 0 aliphatic carbocycles. The smallest absolute Gasteiger partial charge is 0.208 e. The first kappa shape index (κ1) is 14.8. The average molecular weight is 272 g/mol. The van der Waals surface area contributed by atoms with E-state index in [4.69, 9.17) is 4.42 Å². The maximum Gasteiger partial charge on any atom is 0.208 e. The first-order valence-electron chi connectivity index (χ1n) is 7.26. The number of oxazole rings is 1. The molecule has 1 N–H and O–H groups in total. The Balaban J connectivity index is 1.76. The summed E-state index contributed by atoms with van der Waals surface area (Å²) in [6, 6.07) is 9.16. The summed E-state index contributed by atoms with van der Waals surface area (Å²) in [5.41, 5.74) is 3.71. The van der Waals surface area contributed by atoms with Gasteiger partial charge in [-0.05, 0) is 46.1 Å². The summed E-state index contributed by atoms with van der Waals surface area (Å²) in [5, 5.41) is 3.47. The van der Waals surface area contributed by atoms with E-state index in [1.165, 1.54) is 11.1 Å². The van der Waals surface area contributed by atoms with Crippen molar-refractivity contribution in [2.24, 2.45) is 0 Å². The summed E-state index contributed by atoms with van der Waals surface area (Å²) in [5.74, 6) is 1.69. The molecule has 2 aromatic rings. The second-order valence-corrected chi connectivity index (χ2v) is 5.56. The lowest BCUT2D eigenvalue weighted by atomic mass is 10.0. The van der Waals surface area contributed by atoms with Gasteiger partial charge < -0.3 is 9.73 Å². The van der Waals surface area contributed by atoms with Crippen LogP contribution in [-0.4, -0.2) is 11.0 Å². The molecule has 1 aromatic heterocycles. The lowest BCUT2D eigenvalue weighted by Crippen LogP contribution is -2.26. The molecule has 0 saturated heterocycles. The molecule has 0 spiro atoms. The molecular weight excluding hydrogens is 248 g/mol. The molecule has 1 atom stereocenters. The van der Waals surface area contributed by atoms with Crippen molar-refractivity contribution < 1.29 is 4.42 Å². The van der Waals surface area contributed by atoms with Crippen molar-refractivity contribution in [1.29, 1.82) is 0 Å². The van der Waals surface area contributed by atoms with Crippen molar-refractivity contribution in [1.82, 2.24) is 10.3 Å².